The number of rotatable bonds is 4. The van der Waals surface area contributed by atoms with E-state index >= 15 is 0 Å². The zero-order valence-corrected chi connectivity index (χ0v) is 9.36. The van der Waals surface area contributed by atoms with E-state index in [0.717, 1.165) is 0 Å². The molecule has 1 aromatic rings. The Bertz CT molecular complexity index is 332. The van der Waals surface area contributed by atoms with Crippen molar-refractivity contribution in [3.8, 4) is 5.75 Å². The van der Waals surface area contributed by atoms with Gasteiger partial charge in [-0.2, -0.15) is 0 Å². The summed E-state index contributed by atoms with van der Waals surface area (Å²) in [7, 11) is 0. The SMILES string of the molecule is CC(C)Oc1ccc(C(Cl)C(=O)O)cc1. The number of hydrogen-bond acceptors (Lipinski definition) is 2. The average Bonchev–Trinajstić information content (AvgIpc) is 2.17. The van der Waals surface area contributed by atoms with E-state index in [-0.39, 0.29) is 6.10 Å². The fourth-order valence-electron chi connectivity index (χ4n) is 1.13. The summed E-state index contributed by atoms with van der Waals surface area (Å²) in [6.45, 7) is 3.85. The summed E-state index contributed by atoms with van der Waals surface area (Å²) in [6, 6.07) is 6.74. The van der Waals surface area contributed by atoms with Gasteiger partial charge in [0.05, 0.1) is 6.10 Å². The second-order valence-electron chi connectivity index (χ2n) is 3.44. The van der Waals surface area contributed by atoms with Gasteiger partial charge in [0, 0.05) is 0 Å². The molecule has 0 bridgehead atoms. The molecular weight excluding hydrogens is 216 g/mol. The summed E-state index contributed by atoms with van der Waals surface area (Å²) in [5.41, 5.74) is 0.556. The molecule has 1 atom stereocenters. The molecule has 1 rings (SSSR count). The minimum Gasteiger partial charge on any atom is -0.491 e. The molecule has 82 valence electrons. The van der Waals surface area contributed by atoms with Crippen LogP contribution in [0.1, 0.15) is 24.8 Å². The number of carbonyl (C=O) groups is 1. The van der Waals surface area contributed by atoms with Gasteiger partial charge in [0.2, 0.25) is 0 Å². The van der Waals surface area contributed by atoms with Crippen LogP contribution in [0.25, 0.3) is 0 Å². The Labute approximate surface area is 93.6 Å². The Morgan fingerprint density at radius 2 is 1.87 bits per heavy atom. The van der Waals surface area contributed by atoms with Gasteiger partial charge in [0.15, 0.2) is 5.38 Å². The van der Waals surface area contributed by atoms with Gasteiger partial charge in [-0.05, 0) is 31.5 Å². The van der Waals surface area contributed by atoms with Crippen molar-refractivity contribution in [3.63, 3.8) is 0 Å². The average molecular weight is 229 g/mol. The number of carboxylic acid groups (broad SMARTS) is 1. The lowest BCUT2D eigenvalue weighted by Gasteiger charge is -2.10. The number of ether oxygens (including phenoxy) is 1. The van der Waals surface area contributed by atoms with Gasteiger partial charge < -0.3 is 9.84 Å². The van der Waals surface area contributed by atoms with E-state index in [1.165, 1.54) is 0 Å². The topological polar surface area (TPSA) is 46.5 Å². The maximum absolute atomic E-state index is 10.6. The zero-order valence-electron chi connectivity index (χ0n) is 8.61. The Hall–Kier alpha value is -1.22. The highest BCUT2D eigenvalue weighted by molar-refractivity contribution is 6.29. The Balaban J connectivity index is 2.76. The van der Waals surface area contributed by atoms with Crippen LogP contribution >= 0.6 is 11.6 Å². The van der Waals surface area contributed by atoms with Crippen molar-refractivity contribution in [3.05, 3.63) is 29.8 Å². The molecule has 0 fully saturated rings. The summed E-state index contributed by atoms with van der Waals surface area (Å²) >= 11 is 5.66. The summed E-state index contributed by atoms with van der Waals surface area (Å²) in [5.74, 6) is -0.336. The van der Waals surface area contributed by atoms with Gasteiger partial charge in [0.1, 0.15) is 5.75 Å². The smallest absolute Gasteiger partial charge is 0.326 e. The van der Waals surface area contributed by atoms with E-state index < -0.39 is 11.3 Å². The second-order valence-corrected chi connectivity index (χ2v) is 3.87. The third-order valence-electron chi connectivity index (χ3n) is 1.76. The largest absolute Gasteiger partial charge is 0.491 e. The first-order chi connectivity index (χ1) is 7.00. The normalized spacial score (nSPS) is 12.5. The maximum Gasteiger partial charge on any atom is 0.326 e. The summed E-state index contributed by atoms with van der Waals surface area (Å²) in [4.78, 5) is 10.6. The van der Waals surface area contributed by atoms with Crippen LogP contribution in [-0.2, 0) is 4.79 Å². The van der Waals surface area contributed by atoms with E-state index in [1.54, 1.807) is 24.3 Å². The molecule has 0 saturated heterocycles. The molecule has 1 aromatic carbocycles. The Kier molecular flexibility index (Phi) is 3.97. The minimum absolute atomic E-state index is 0.0992. The van der Waals surface area contributed by atoms with Gasteiger partial charge in [-0.25, -0.2) is 0 Å². The van der Waals surface area contributed by atoms with Crippen molar-refractivity contribution in [2.45, 2.75) is 25.3 Å². The number of aliphatic carboxylic acids is 1. The highest BCUT2D eigenvalue weighted by atomic mass is 35.5. The molecule has 4 heteroatoms. The first-order valence-electron chi connectivity index (χ1n) is 4.64. The summed E-state index contributed by atoms with van der Waals surface area (Å²) < 4.78 is 5.42. The van der Waals surface area contributed by atoms with Crippen molar-refractivity contribution < 1.29 is 14.6 Å². The fraction of sp³-hybridized carbons (Fsp3) is 0.364. The van der Waals surface area contributed by atoms with Crippen LogP contribution in [0.5, 0.6) is 5.75 Å². The first-order valence-corrected chi connectivity index (χ1v) is 5.08. The molecule has 0 spiro atoms. The van der Waals surface area contributed by atoms with Crippen LogP contribution in [0, 0.1) is 0 Å². The van der Waals surface area contributed by atoms with Crippen molar-refractivity contribution in [1.82, 2.24) is 0 Å². The molecule has 0 aliphatic rings. The summed E-state index contributed by atoms with van der Waals surface area (Å²) in [5, 5.41) is 7.69. The molecule has 0 amide bonds. The second kappa shape index (κ2) is 5.03. The maximum atomic E-state index is 10.6. The molecule has 0 aliphatic carbocycles. The molecule has 1 N–H and O–H groups in total. The monoisotopic (exact) mass is 228 g/mol. The first kappa shape index (κ1) is 11.9. The molecule has 0 heterocycles. The van der Waals surface area contributed by atoms with Gasteiger partial charge >= 0.3 is 5.97 Å². The molecule has 0 aliphatic heterocycles. The number of carboxylic acids is 1. The Morgan fingerprint density at radius 1 is 1.33 bits per heavy atom. The van der Waals surface area contributed by atoms with Crippen LogP contribution in [-0.4, -0.2) is 17.2 Å². The van der Waals surface area contributed by atoms with Crippen LogP contribution in [0.15, 0.2) is 24.3 Å². The fourth-order valence-corrected chi connectivity index (χ4v) is 1.28. The van der Waals surface area contributed by atoms with Crippen molar-refractivity contribution in [1.29, 1.82) is 0 Å². The lowest BCUT2D eigenvalue weighted by atomic mass is 10.1. The molecule has 3 nitrogen and oxygen atoms in total. The van der Waals surface area contributed by atoms with E-state index in [0.29, 0.717) is 11.3 Å². The molecule has 15 heavy (non-hydrogen) atoms. The lowest BCUT2D eigenvalue weighted by molar-refractivity contribution is -0.136. The quantitative estimate of drug-likeness (QED) is 0.807. The predicted molar refractivity (Wildman–Crippen MR) is 58.4 cm³/mol. The summed E-state index contributed by atoms with van der Waals surface area (Å²) in [6.07, 6.45) is 0.0992. The van der Waals surface area contributed by atoms with Gasteiger partial charge in [-0.15, -0.1) is 11.6 Å². The number of benzene rings is 1. The number of hydrogen-bond donors (Lipinski definition) is 1. The van der Waals surface area contributed by atoms with E-state index in [1.807, 2.05) is 13.8 Å². The van der Waals surface area contributed by atoms with E-state index in [9.17, 15) is 4.79 Å². The molecular formula is C11H13ClO3. The van der Waals surface area contributed by atoms with E-state index in [2.05, 4.69) is 0 Å². The number of alkyl halides is 1. The zero-order chi connectivity index (χ0) is 11.4. The van der Waals surface area contributed by atoms with Gasteiger partial charge in [0.25, 0.3) is 0 Å². The number of halogens is 1. The van der Waals surface area contributed by atoms with Crippen LogP contribution in [0.3, 0.4) is 0 Å². The van der Waals surface area contributed by atoms with Gasteiger partial charge in [-0.3, -0.25) is 4.79 Å². The lowest BCUT2D eigenvalue weighted by Crippen LogP contribution is -2.07. The Morgan fingerprint density at radius 3 is 2.27 bits per heavy atom. The highest BCUT2D eigenvalue weighted by Gasteiger charge is 2.15. The van der Waals surface area contributed by atoms with Crippen molar-refractivity contribution in [2.24, 2.45) is 0 Å². The van der Waals surface area contributed by atoms with Gasteiger partial charge in [-0.1, -0.05) is 12.1 Å². The predicted octanol–water partition coefficient (Wildman–Crippen LogP) is 2.84. The van der Waals surface area contributed by atoms with Crippen LogP contribution in [0.4, 0.5) is 0 Å². The van der Waals surface area contributed by atoms with Crippen LogP contribution in [0.2, 0.25) is 0 Å². The van der Waals surface area contributed by atoms with Crippen molar-refractivity contribution in [2.75, 3.05) is 0 Å². The third-order valence-corrected chi connectivity index (χ3v) is 2.20. The molecule has 1 unspecified atom stereocenters. The minimum atomic E-state index is -1.05. The molecule has 0 aromatic heterocycles. The third kappa shape index (κ3) is 3.44. The van der Waals surface area contributed by atoms with E-state index in [4.69, 9.17) is 21.4 Å². The molecule has 0 saturated carbocycles. The van der Waals surface area contributed by atoms with Crippen molar-refractivity contribution >= 4 is 17.6 Å². The standard InChI is InChI=1S/C11H13ClO3/c1-7(2)15-9-5-3-8(4-6-9)10(12)11(13)14/h3-7,10H,1-2H3,(H,13,14). The van der Waals surface area contributed by atoms with Crippen LogP contribution < -0.4 is 4.74 Å². The highest BCUT2D eigenvalue weighted by Crippen LogP contribution is 2.23. The molecule has 0 radical (unpaired) electrons.